The molecular weight excluding hydrogens is 214 g/mol. The van der Waals surface area contributed by atoms with Crippen molar-refractivity contribution >= 4 is 5.95 Å². The Balaban J connectivity index is 2.06. The van der Waals surface area contributed by atoms with Crippen molar-refractivity contribution in [2.24, 2.45) is 0 Å². The van der Waals surface area contributed by atoms with E-state index in [1.165, 1.54) is 10.5 Å². The highest BCUT2D eigenvalue weighted by Gasteiger charge is 2.19. The number of anilines is 1. The Morgan fingerprint density at radius 3 is 2.47 bits per heavy atom. The van der Waals surface area contributed by atoms with Crippen molar-refractivity contribution in [3.05, 3.63) is 18.0 Å². The summed E-state index contributed by atoms with van der Waals surface area (Å²) >= 11 is 0. The summed E-state index contributed by atoms with van der Waals surface area (Å²) in [5, 5.41) is 8.73. The fourth-order valence-electron chi connectivity index (χ4n) is 2.10. The van der Waals surface area contributed by atoms with Gasteiger partial charge in [-0.25, -0.2) is 9.97 Å². The number of likely N-dealkylation sites (tertiary alicyclic amines) is 1. The number of piperidine rings is 1. The van der Waals surface area contributed by atoms with E-state index in [2.05, 4.69) is 21.9 Å². The van der Waals surface area contributed by atoms with Crippen LogP contribution in [0, 0.1) is 11.5 Å². The second-order valence-electron chi connectivity index (χ2n) is 4.55. The first-order valence-electron chi connectivity index (χ1n) is 5.84. The molecule has 1 fully saturated rings. The van der Waals surface area contributed by atoms with Gasteiger partial charge in [-0.05, 0) is 44.5 Å². The molecule has 1 aliphatic rings. The summed E-state index contributed by atoms with van der Waals surface area (Å²) in [6, 6.07) is 0. The lowest BCUT2D eigenvalue weighted by atomic mass is 9.92. The molecule has 0 saturated carbocycles. The van der Waals surface area contributed by atoms with Gasteiger partial charge in [-0.1, -0.05) is 0 Å². The van der Waals surface area contributed by atoms with Crippen molar-refractivity contribution in [1.29, 1.82) is 5.26 Å². The Labute approximate surface area is 102 Å². The van der Waals surface area contributed by atoms with Crippen LogP contribution in [-0.2, 0) is 0 Å². The Kier molecular flexibility index (Phi) is 3.55. The van der Waals surface area contributed by atoms with Crippen LogP contribution >= 0.6 is 0 Å². The van der Waals surface area contributed by atoms with E-state index in [1.54, 1.807) is 7.05 Å². The minimum absolute atomic E-state index is 0.462. The molecule has 0 amide bonds. The van der Waals surface area contributed by atoms with Crippen LogP contribution < -0.4 is 4.90 Å². The maximum atomic E-state index is 8.73. The first-order valence-corrected chi connectivity index (χ1v) is 5.84. The van der Waals surface area contributed by atoms with Crippen LogP contribution in [0.25, 0.3) is 0 Å². The van der Waals surface area contributed by atoms with Crippen LogP contribution in [0.3, 0.4) is 0 Å². The number of hydrogen-bond acceptors (Lipinski definition) is 5. The molecular formula is C12H17N5. The summed E-state index contributed by atoms with van der Waals surface area (Å²) in [6.45, 7) is 2.26. The topological polar surface area (TPSA) is 56.1 Å². The van der Waals surface area contributed by atoms with Crippen LogP contribution in [0.15, 0.2) is 12.4 Å². The zero-order valence-corrected chi connectivity index (χ0v) is 10.3. The third-order valence-corrected chi connectivity index (χ3v) is 3.30. The third-order valence-electron chi connectivity index (χ3n) is 3.30. The van der Waals surface area contributed by atoms with Crippen LogP contribution in [0.2, 0.25) is 0 Å². The largest absolute Gasteiger partial charge is 0.306 e. The molecule has 5 nitrogen and oxygen atoms in total. The average Bonchev–Trinajstić information content (AvgIpc) is 2.39. The van der Waals surface area contributed by atoms with Gasteiger partial charge in [-0.3, -0.25) is 4.90 Å². The van der Waals surface area contributed by atoms with Crippen LogP contribution in [0.4, 0.5) is 5.95 Å². The Bertz CT molecular complexity index is 400. The van der Waals surface area contributed by atoms with Gasteiger partial charge < -0.3 is 4.90 Å². The summed E-state index contributed by atoms with van der Waals surface area (Å²) in [5.74, 6) is 1.02. The van der Waals surface area contributed by atoms with E-state index in [9.17, 15) is 0 Å². The number of nitriles is 1. The van der Waals surface area contributed by atoms with Gasteiger partial charge in [-0.15, -0.1) is 0 Å². The maximum Gasteiger partial charge on any atom is 0.238 e. The van der Waals surface area contributed by atoms with Crippen LogP contribution in [0.5, 0.6) is 0 Å². The van der Waals surface area contributed by atoms with Crippen molar-refractivity contribution in [2.45, 2.75) is 18.8 Å². The van der Waals surface area contributed by atoms with E-state index in [0.717, 1.165) is 25.9 Å². The summed E-state index contributed by atoms with van der Waals surface area (Å²) in [5.41, 5.74) is 1.19. The van der Waals surface area contributed by atoms with E-state index in [1.807, 2.05) is 18.6 Å². The second-order valence-corrected chi connectivity index (χ2v) is 4.55. The van der Waals surface area contributed by atoms with Gasteiger partial charge in [0.05, 0.1) is 0 Å². The molecule has 1 aromatic rings. The Morgan fingerprint density at radius 1 is 1.35 bits per heavy atom. The maximum absolute atomic E-state index is 8.73. The minimum atomic E-state index is 0.462. The third kappa shape index (κ3) is 2.71. The standard InChI is InChI=1S/C12H17N5/c1-16-5-3-10(4-6-16)11-7-14-12(15-8-11)17(2)9-13/h7-8,10H,3-6H2,1-2H3. The molecule has 90 valence electrons. The molecule has 5 heteroatoms. The number of aromatic nitrogens is 2. The molecule has 0 radical (unpaired) electrons. The molecule has 0 spiro atoms. The van der Waals surface area contributed by atoms with Gasteiger partial charge in [0.15, 0.2) is 6.19 Å². The first-order chi connectivity index (χ1) is 8.20. The molecule has 1 saturated heterocycles. The zero-order chi connectivity index (χ0) is 12.3. The van der Waals surface area contributed by atoms with Gasteiger partial charge in [0.25, 0.3) is 0 Å². The minimum Gasteiger partial charge on any atom is -0.306 e. The van der Waals surface area contributed by atoms with Crippen LogP contribution in [0.1, 0.15) is 24.3 Å². The highest BCUT2D eigenvalue weighted by atomic mass is 15.2. The number of rotatable bonds is 2. The van der Waals surface area contributed by atoms with Gasteiger partial charge in [-0.2, -0.15) is 5.26 Å². The van der Waals surface area contributed by atoms with E-state index in [4.69, 9.17) is 5.26 Å². The molecule has 17 heavy (non-hydrogen) atoms. The predicted octanol–water partition coefficient (Wildman–Crippen LogP) is 1.20. The van der Waals surface area contributed by atoms with Crippen LogP contribution in [-0.4, -0.2) is 42.1 Å². The van der Waals surface area contributed by atoms with Crippen molar-refractivity contribution in [1.82, 2.24) is 14.9 Å². The predicted molar refractivity (Wildman–Crippen MR) is 65.5 cm³/mol. The smallest absolute Gasteiger partial charge is 0.238 e. The summed E-state index contributed by atoms with van der Waals surface area (Å²) in [6.07, 6.45) is 8.01. The fraction of sp³-hybridized carbons (Fsp3) is 0.583. The first kappa shape index (κ1) is 11.8. The lowest BCUT2D eigenvalue weighted by Gasteiger charge is -2.28. The lowest BCUT2D eigenvalue weighted by molar-refractivity contribution is 0.255. The molecule has 1 aliphatic heterocycles. The summed E-state index contributed by atoms with van der Waals surface area (Å²) in [4.78, 5) is 12.1. The van der Waals surface area contributed by atoms with Gasteiger partial charge >= 0.3 is 0 Å². The highest BCUT2D eigenvalue weighted by molar-refractivity contribution is 5.34. The Hall–Kier alpha value is -1.67. The molecule has 1 aromatic heterocycles. The van der Waals surface area contributed by atoms with E-state index < -0.39 is 0 Å². The molecule has 2 heterocycles. The van der Waals surface area contributed by atoms with Crippen molar-refractivity contribution in [3.8, 4) is 6.19 Å². The number of nitrogens with zero attached hydrogens (tertiary/aromatic N) is 5. The van der Waals surface area contributed by atoms with E-state index in [0.29, 0.717) is 11.9 Å². The molecule has 2 rings (SSSR count). The van der Waals surface area contributed by atoms with Gasteiger partial charge in [0, 0.05) is 19.4 Å². The second kappa shape index (κ2) is 5.11. The molecule has 0 unspecified atom stereocenters. The van der Waals surface area contributed by atoms with Crippen molar-refractivity contribution in [2.75, 3.05) is 32.1 Å². The molecule has 0 N–H and O–H groups in total. The molecule has 0 bridgehead atoms. The van der Waals surface area contributed by atoms with Gasteiger partial charge in [0.2, 0.25) is 5.95 Å². The number of hydrogen-bond donors (Lipinski definition) is 0. The lowest BCUT2D eigenvalue weighted by Crippen LogP contribution is -2.29. The summed E-state index contributed by atoms with van der Waals surface area (Å²) < 4.78 is 0. The van der Waals surface area contributed by atoms with E-state index >= 15 is 0 Å². The van der Waals surface area contributed by atoms with Crippen molar-refractivity contribution in [3.63, 3.8) is 0 Å². The molecule has 0 aromatic carbocycles. The monoisotopic (exact) mass is 231 g/mol. The Morgan fingerprint density at radius 2 is 1.94 bits per heavy atom. The highest BCUT2D eigenvalue weighted by Crippen LogP contribution is 2.26. The fourth-order valence-corrected chi connectivity index (χ4v) is 2.10. The average molecular weight is 231 g/mol. The molecule has 0 aliphatic carbocycles. The summed E-state index contributed by atoms with van der Waals surface area (Å²) in [7, 11) is 3.81. The molecule has 0 atom stereocenters. The van der Waals surface area contributed by atoms with Gasteiger partial charge in [0.1, 0.15) is 0 Å². The zero-order valence-electron chi connectivity index (χ0n) is 10.3. The SMILES string of the molecule is CN1CCC(c2cnc(N(C)C#N)nc2)CC1. The quantitative estimate of drug-likeness (QED) is 0.565. The normalized spacial score (nSPS) is 17.7. The van der Waals surface area contributed by atoms with E-state index in [-0.39, 0.29) is 0 Å². The van der Waals surface area contributed by atoms with Crippen molar-refractivity contribution < 1.29 is 0 Å².